The molecule has 0 atom stereocenters. The molecule has 0 amide bonds. The van der Waals surface area contributed by atoms with E-state index in [1.807, 2.05) is 18.2 Å². The van der Waals surface area contributed by atoms with Crippen LogP contribution in [0.4, 0.5) is 17.1 Å². The highest BCUT2D eigenvalue weighted by molar-refractivity contribution is 6.44. The summed E-state index contributed by atoms with van der Waals surface area (Å²) in [5.41, 5.74) is 3.33. The highest BCUT2D eigenvalue weighted by Gasteiger charge is 1.98. The summed E-state index contributed by atoms with van der Waals surface area (Å²) in [6.07, 6.45) is 4.24. The Morgan fingerprint density at radius 3 is 2.05 bits per heavy atom. The zero-order chi connectivity index (χ0) is 15.6. The molecule has 0 unspecified atom stereocenters. The fraction of sp³-hybridized carbons (Fsp3) is 0.333. The molecule has 2 rings (SSSR count). The number of hydrogen-bond acceptors (Lipinski definition) is 2. The molecule has 4 heteroatoms. The Hall–Kier alpha value is -1.38. The molecular formula is C18H22Cl2N2. The molecular weight excluding hydrogens is 315 g/mol. The first-order chi connectivity index (χ1) is 10.7. The molecule has 0 saturated heterocycles. The molecule has 0 aliphatic heterocycles. The van der Waals surface area contributed by atoms with Gasteiger partial charge >= 0.3 is 0 Å². The highest BCUT2D eigenvalue weighted by Crippen LogP contribution is 2.19. The van der Waals surface area contributed by atoms with Crippen molar-refractivity contribution in [2.75, 3.05) is 17.2 Å². The molecule has 118 valence electrons. The minimum atomic E-state index is -0.224. The van der Waals surface area contributed by atoms with Gasteiger partial charge in [-0.15, -0.1) is 23.2 Å². The van der Waals surface area contributed by atoms with Crippen molar-refractivity contribution in [2.45, 2.75) is 30.5 Å². The van der Waals surface area contributed by atoms with E-state index in [-0.39, 0.29) is 4.84 Å². The van der Waals surface area contributed by atoms with Gasteiger partial charge in [0, 0.05) is 23.6 Å². The molecule has 0 spiro atoms. The summed E-state index contributed by atoms with van der Waals surface area (Å²) < 4.78 is 0. The molecule has 0 heterocycles. The van der Waals surface area contributed by atoms with Gasteiger partial charge in [0.2, 0.25) is 0 Å². The maximum Gasteiger partial charge on any atom is 0.107 e. The number of anilines is 3. The van der Waals surface area contributed by atoms with Gasteiger partial charge in [-0.3, -0.25) is 0 Å². The number of para-hydroxylation sites is 1. The van der Waals surface area contributed by atoms with Crippen LogP contribution >= 0.6 is 23.2 Å². The number of rotatable bonds is 9. The topological polar surface area (TPSA) is 24.1 Å². The second-order valence-corrected chi connectivity index (χ2v) is 6.51. The lowest BCUT2D eigenvalue weighted by atomic mass is 10.2. The van der Waals surface area contributed by atoms with Gasteiger partial charge in [-0.2, -0.15) is 0 Å². The summed E-state index contributed by atoms with van der Waals surface area (Å²) in [6, 6.07) is 18.5. The van der Waals surface area contributed by atoms with Crippen molar-refractivity contribution in [3.05, 3.63) is 54.6 Å². The van der Waals surface area contributed by atoms with E-state index in [0.717, 1.165) is 49.3 Å². The molecule has 0 aliphatic rings. The third kappa shape index (κ3) is 6.59. The number of halogens is 2. The van der Waals surface area contributed by atoms with E-state index in [2.05, 4.69) is 47.0 Å². The predicted molar refractivity (Wildman–Crippen MR) is 98.6 cm³/mol. The van der Waals surface area contributed by atoms with Gasteiger partial charge in [-0.05, 0) is 49.2 Å². The van der Waals surface area contributed by atoms with Crippen LogP contribution in [0, 0.1) is 0 Å². The Morgan fingerprint density at radius 1 is 0.727 bits per heavy atom. The molecule has 0 bridgehead atoms. The minimum absolute atomic E-state index is 0.224. The zero-order valence-corrected chi connectivity index (χ0v) is 14.1. The van der Waals surface area contributed by atoms with Crippen LogP contribution in [0.1, 0.15) is 25.7 Å². The molecule has 0 aromatic heterocycles. The van der Waals surface area contributed by atoms with Crippen molar-refractivity contribution in [2.24, 2.45) is 0 Å². The molecule has 0 fully saturated rings. The van der Waals surface area contributed by atoms with Crippen LogP contribution in [0.15, 0.2) is 54.6 Å². The fourth-order valence-electron chi connectivity index (χ4n) is 2.19. The van der Waals surface area contributed by atoms with Crippen molar-refractivity contribution < 1.29 is 0 Å². The van der Waals surface area contributed by atoms with Crippen LogP contribution in [0.25, 0.3) is 0 Å². The molecule has 2 aromatic rings. The summed E-state index contributed by atoms with van der Waals surface area (Å²) in [5.74, 6) is 0. The number of unbranched alkanes of at least 4 members (excludes halogenated alkanes) is 2. The SMILES string of the molecule is ClC(Cl)CCCCCNc1ccc(Nc2ccccc2)cc1. The highest BCUT2D eigenvalue weighted by atomic mass is 35.5. The maximum atomic E-state index is 5.70. The van der Waals surface area contributed by atoms with E-state index in [9.17, 15) is 0 Å². The molecule has 22 heavy (non-hydrogen) atoms. The number of alkyl halides is 2. The van der Waals surface area contributed by atoms with Crippen LogP contribution in [0.5, 0.6) is 0 Å². The summed E-state index contributed by atoms with van der Waals surface area (Å²) in [7, 11) is 0. The molecule has 2 nitrogen and oxygen atoms in total. The van der Waals surface area contributed by atoms with Crippen molar-refractivity contribution >= 4 is 40.3 Å². The number of benzene rings is 2. The van der Waals surface area contributed by atoms with Gasteiger partial charge < -0.3 is 10.6 Å². The van der Waals surface area contributed by atoms with Gasteiger partial charge in [0.25, 0.3) is 0 Å². The van der Waals surface area contributed by atoms with Gasteiger partial charge in [0.1, 0.15) is 4.84 Å². The van der Waals surface area contributed by atoms with Crippen LogP contribution in [0.2, 0.25) is 0 Å². The summed E-state index contributed by atoms with van der Waals surface area (Å²) in [5, 5.41) is 6.80. The second kappa shape index (κ2) is 9.60. The van der Waals surface area contributed by atoms with Crippen LogP contribution < -0.4 is 10.6 Å². The average molecular weight is 337 g/mol. The lowest BCUT2D eigenvalue weighted by Crippen LogP contribution is -2.01. The maximum absolute atomic E-state index is 5.70. The van der Waals surface area contributed by atoms with Gasteiger partial charge in [0.05, 0.1) is 0 Å². The smallest absolute Gasteiger partial charge is 0.107 e. The Balaban J connectivity index is 1.68. The number of nitrogens with one attached hydrogen (secondary N) is 2. The number of hydrogen-bond donors (Lipinski definition) is 2. The van der Waals surface area contributed by atoms with Gasteiger partial charge in [0.15, 0.2) is 0 Å². The Bertz CT molecular complexity index is 527. The standard InChI is InChI=1S/C18H22Cl2N2/c19-18(20)9-5-2-6-14-21-15-10-12-17(13-11-15)22-16-7-3-1-4-8-16/h1,3-4,7-8,10-13,18,21-22H,2,5-6,9,14H2. The largest absolute Gasteiger partial charge is 0.385 e. The first kappa shape index (κ1) is 17.0. The van der Waals surface area contributed by atoms with Crippen molar-refractivity contribution in [1.29, 1.82) is 0 Å². The minimum Gasteiger partial charge on any atom is -0.385 e. The quantitative estimate of drug-likeness (QED) is 0.420. The van der Waals surface area contributed by atoms with Gasteiger partial charge in [-0.25, -0.2) is 0 Å². The molecule has 2 N–H and O–H groups in total. The molecule has 0 radical (unpaired) electrons. The van der Waals surface area contributed by atoms with Crippen LogP contribution in [-0.2, 0) is 0 Å². The third-order valence-corrected chi connectivity index (χ3v) is 3.81. The van der Waals surface area contributed by atoms with E-state index >= 15 is 0 Å². The van der Waals surface area contributed by atoms with Gasteiger partial charge in [-0.1, -0.05) is 31.0 Å². The lowest BCUT2D eigenvalue weighted by Gasteiger charge is -2.09. The van der Waals surface area contributed by atoms with E-state index in [1.54, 1.807) is 0 Å². The molecule has 2 aromatic carbocycles. The van der Waals surface area contributed by atoms with E-state index in [0.29, 0.717) is 0 Å². The third-order valence-electron chi connectivity index (χ3n) is 3.38. The van der Waals surface area contributed by atoms with Crippen molar-refractivity contribution in [1.82, 2.24) is 0 Å². The van der Waals surface area contributed by atoms with E-state index in [4.69, 9.17) is 23.2 Å². The zero-order valence-electron chi connectivity index (χ0n) is 12.6. The van der Waals surface area contributed by atoms with Crippen LogP contribution in [-0.4, -0.2) is 11.4 Å². The molecule has 0 aliphatic carbocycles. The van der Waals surface area contributed by atoms with Crippen LogP contribution in [0.3, 0.4) is 0 Å². The first-order valence-corrected chi connectivity index (χ1v) is 8.55. The van der Waals surface area contributed by atoms with E-state index < -0.39 is 0 Å². The summed E-state index contributed by atoms with van der Waals surface area (Å²) >= 11 is 11.4. The van der Waals surface area contributed by atoms with Crippen molar-refractivity contribution in [3.63, 3.8) is 0 Å². The molecule has 0 saturated carbocycles. The normalized spacial score (nSPS) is 10.7. The predicted octanol–water partition coefficient (Wildman–Crippen LogP) is 6.21. The first-order valence-electron chi connectivity index (χ1n) is 7.68. The second-order valence-electron chi connectivity index (χ2n) is 5.24. The summed E-state index contributed by atoms with van der Waals surface area (Å²) in [4.78, 5) is -0.224. The van der Waals surface area contributed by atoms with E-state index in [1.165, 1.54) is 0 Å². The van der Waals surface area contributed by atoms with Crippen molar-refractivity contribution in [3.8, 4) is 0 Å². The Kier molecular flexibility index (Phi) is 7.41. The lowest BCUT2D eigenvalue weighted by molar-refractivity contribution is 0.677. The average Bonchev–Trinajstić information content (AvgIpc) is 2.53. The summed E-state index contributed by atoms with van der Waals surface area (Å²) in [6.45, 7) is 0.973. The fourth-order valence-corrected chi connectivity index (χ4v) is 2.50. The Morgan fingerprint density at radius 2 is 1.36 bits per heavy atom. The monoisotopic (exact) mass is 336 g/mol. The Labute approximate surface area is 142 Å².